The van der Waals surface area contributed by atoms with Crippen LogP contribution in [0.2, 0.25) is 0 Å². The molecular formula is C26H26FN3O4S. The Morgan fingerprint density at radius 1 is 0.971 bits per heavy atom. The van der Waals surface area contributed by atoms with E-state index in [2.05, 4.69) is 10.0 Å². The van der Waals surface area contributed by atoms with E-state index in [9.17, 15) is 22.4 Å². The Bertz CT molecular complexity index is 1310. The second-order valence-corrected chi connectivity index (χ2v) is 10.3. The van der Waals surface area contributed by atoms with Gasteiger partial charge in [-0.2, -0.15) is 0 Å². The van der Waals surface area contributed by atoms with Gasteiger partial charge >= 0.3 is 0 Å². The fourth-order valence-corrected chi connectivity index (χ4v) is 4.94. The molecule has 1 heterocycles. The molecule has 1 aliphatic heterocycles. The molecule has 2 N–H and O–H groups in total. The Hall–Kier alpha value is -3.72. The number of sulfonamides is 1. The highest BCUT2D eigenvalue weighted by molar-refractivity contribution is 7.92. The second-order valence-electron chi connectivity index (χ2n) is 8.60. The molecule has 35 heavy (non-hydrogen) atoms. The number of anilines is 2. The number of carbonyl (C=O) groups is 2. The number of carbonyl (C=O) groups excluding carboxylic acids is 2. The molecule has 182 valence electrons. The molecule has 1 saturated heterocycles. The number of rotatable bonds is 8. The van der Waals surface area contributed by atoms with Crippen molar-refractivity contribution in [2.45, 2.75) is 24.7 Å². The summed E-state index contributed by atoms with van der Waals surface area (Å²) in [7, 11) is -3.77. The standard InChI is InChI=1S/C26H26FN3O4S/c1-18-2-8-23(9-3-18)29-35(33,34)24-12-10-22(11-13-24)28-26(32)20-16-25(31)30(17-20)15-14-19-4-6-21(27)7-5-19/h2-13,20,29H,14-17H2,1H3,(H,28,32)/t20-/m1/s1. The van der Waals surface area contributed by atoms with Crippen LogP contribution < -0.4 is 10.0 Å². The number of nitrogens with one attached hydrogen (secondary N) is 2. The second kappa shape index (κ2) is 10.3. The fraction of sp³-hybridized carbons (Fsp3) is 0.231. The Morgan fingerprint density at radius 3 is 2.26 bits per heavy atom. The van der Waals surface area contributed by atoms with E-state index in [0.29, 0.717) is 30.9 Å². The Labute approximate surface area is 204 Å². The first-order chi connectivity index (χ1) is 16.7. The van der Waals surface area contributed by atoms with Crippen molar-refractivity contribution in [3.05, 3.63) is 89.7 Å². The molecule has 1 aliphatic rings. The predicted molar refractivity (Wildman–Crippen MR) is 132 cm³/mol. The van der Waals surface area contributed by atoms with E-state index in [1.54, 1.807) is 29.2 Å². The largest absolute Gasteiger partial charge is 0.342 e. The van der Waals surface area contributed by atoms with Gasteiger partial charge in [0.1, 0.15) is 5.82 Å². The van der Waals surface area contributed by atoms with Crippen LogP contribution in [0.15, 0.2) is 77.7 Å². The molecule has 0 unspecified atom stereocenters. The summed E-state index contributed by atoms with van der Waals surface area (Å²) in [6.45, 7) is 2.67. The predicted octanol–water partition coefficient (Wildman–Crippen LogP) is 3.96. The Balaban J connectivity index is 1.32. The van der Waals surface area contributed by atoms with Crippen molar-refractivity contribution in [1.29, 1.82) is 0 Å². The third-order valence-electron chi connectivity index (χ3n) is 5.90. The van der Waals surface area contributed by atoms with Gasteiger partial charge in [0, 0.05) is 30.9 Å². The van der Waals surface area contributed by atoms with Crippen molar-refractivity contribution in [1.82, 2.24) is 4.90 Å². The third-order valence-corrected chi connectivity index (χ3v) is 7.30. The van der Waals surface area contributed by atoms with Gasteiger partial charge in [0.05, 0.1) is 10.8 Å². The maximum absolute atomic E-state index is 13.0. The number of aryl methyl sites for hydroxylation is 1. The zero-order chi connectivity index (χ0) is 25.0. The van der Waals surface area contributed by atoms with Crippen LogP contribution in [0.1, 0.15) is 17.5 Å². The van der Waals surface area contributed by atoms with Crippen molar-refractivity contribution in [3.8, 4) is 0 Å². The van der Waals surface area contributed by atoms with Gasteiger partial charge in [-0.15, -0.1) is 0 Å². The molecule has 3 aromatic carbocycles. The van der Waals surface area contributed by atoms with E-state index in [-0.39, 0.29) is 28.9 Å². The van der Waals surface area contributed by atoms with Gasteiger partial charge in [-0.05, 0) is 67.4 Å². The van der Waals surface area contributed by atoms with Gasteiger partial charge in [0.2, 0.25) is 11.8 Å². The highest BCUT2D eigenvalue weighted by Crippen LogP contribution is 2.22. The first kappa shape index (κ1) is 24.4. The summed E-state index contributed by atoms with van der Waals surface area (Å²) < 4.78 is 40.8. The molecule has 0 radical (unpaired) electrons. The molecule has 0 spiro atoms. The molecule has 0 aromatic heterocycles. The minimum Gasteiger partial charge on any atom is -0.342 e. The van der Waals surface area contributed by atoms with Gasteiger partial charge in [0.25, 0.3) is 10.0 Å². The summed E-state index contributed by atoms with van der Waals surface area (Å²) in [5.41, 5.74) is 2.84. The lowest BCUT2D eigenvalue weighted by Gasteiger charge is -2.16. The zero-order valence-electron chi connectivity index (χ0n) is 19.2. The van der Waals surface area contributed by atoms with E-state index < -0.39 is 15.9 Å². The monoisotopic (exact) mass is 495 g/mol. The van der Waals surface area contributed by atoms with E-state index in [0.717, 1.165) is 11.1 Å². The molecule has 2 amide bonds. The first-order valence-electron chi connectivity index (χ1n) is 11.2. The summed E-state index contributed by atoms with van der Waals surface area (Å²) in [4.78, 5) is 26.8. The summed E-state index contributed by atoms with van der Waals surface area (Å²) in [5, 5.41) is 2.76. The van der Waals surface area contributed by atoms with E-state index in [1.165, 1.54) is 36.4 Å². The molecule has 0 aliphatic carbocycles. The highest BCUT2D eigenvalue weighted by atomic mass is 32.2. The average molecular weight is 496 g/mol. The Kier molecular flexibility index (Phi) is 7.16. The number of amides is 2. The number of hydrogen-bond acceptors (Lipinski definition) is 4. The number of likely N-dealkylation sites (tertiary alicyclic amines) is 1. The summed E-state index contributed by atoms with van der Waals surface area (Å²) >= 11 is 0. The molecule has 9 heteroatoms. The molecule has 1 fully saturated rings. The van der Waals surface area contributed by atoms with Gasteiger partial charge in [-0.3, -0.25) is 14.3 Å². The maximum Gasteiger partial charge on any atom is 0.261 e. The van der Waals surface area contributed by atoms with Gasteiger partial charge < -0.3 is 10.2 Å². The summed E-state index contributed by atoms with van der Waals surface area (Å²) in [5.74, 6) is -1.20. The summed E-state index contributed by atoms with van der Waals surface area (Å²) in [6, 6.07) is 19.0. The smallest absolute Gasteiger partial charge is 0.261 e. The van der Waals surface area contributed by atoms with Crippen LogP contribution in [0.25, 0.3) is 0 Å². The van der Waals surface area contributed by atoms with Crippen molar-refractivity contribution in [3.63, 3.8) is 0 Å². The van der Waals surface area contributed by atoms with E-state index in [4.69, 9.17) is 0 Å². The van der Waals surface area contributed by atoms with Gasteiger partial charge in [0.15, 0.2) is 0 Å². The van der Waals surface area contributed by atoms with Crippen LogP contribution >= 0.6 is 0 Å². The molecule has 0 bridgehead atoms. The van der Waals surface area contributed by atoms with Crippen molar-refractivity contribution in [2.75, 3.05) is 23.1 Å². The van der Waals surface area contributed by atoms with E-state index >= 15 is 0 Å². The average Bonchev–Trinajstić information content (AvgIpc) is 3.21. The fourth-order valence-electron chi connectivity index (χ4n) is 3.88. The molecule has 3 aromatic rings. The SMILES string of the molecule is Cc1ccc(NS(=O)(=O)c2ccc(NC(=O)[C@@H]3CC(=O)N(CCc4ccc(F)cc4)C3)cc2)cc1. The highest BCUT2D eigenvalue weighted by Gasteiger charge is 2.34. The lowest BCUT2D eigenvalue weighted by atomic mass is 10.1. The third kappa shape index (κ3) is 6.24. The van der Waals surface area contributed by atoms with Crippen LogP contribution in [-0.4, -0.2) is 38.2 Å². The zero-order valence-corrected chi connectivity index (χ0v) is 20.0. The van der Waals surface area contributed by atoms with Crippen LogP contribution in [0, 0.1) is 18.7 Å². The number of nitrogens with zero attached hydrogens (tertiary/aromatic N) is 1. The van der Waals surface area contributed by atoms with Gasteiger partial charge in [-0.25, -0.2) is 12.8 Å². The summed E-state index contributed by atoms with van der Waals surface area (Å²) in [6.07, 6.45) is 0.690. The molecule has 4 rings (SSSR count). The van der Waals surface area contributed by atoms with Crippen LogP contribution in [-0.2, 0) is 26.0 Å². The van der Waals surface area contributed by atoms with Crippen LogP contribution in [0.4, 0.5) is 15.8 Å². The van der Waals surface area contributed by atoms with Crippen LogP contribution in [0.5, 0.6) is 0 Å². The molecule has 1 atom stereocenters. The van der Waals surface area contributed by atoms with Gasteiger partial charge in [-0.1, -0.05) is 29.8 Å². The van der Waals surface area contributed by atoms with Crippen molar-refractivity contribution in [2.24, 2.45) is 5.92 Å². The van der Waals surface area contributed by atoms with Crippen LogP contribution in [0.3, 0.4) is 0 Å². The van der Waals surface area contributed by atoms with Crippen molar-refractivity contribution >= 4 is 33.2 Å². The first-order valence-corrected chi connectivity index (χ1v) is 12.7. The van der Waals surface area contributed by atoms with Crippen molar-refractivity contribution < 1.29 is 22.4 Å². The number of hydrogen-bond donors (Lipinski definition) is 2. The number of halogens is 1. The molecule has 0 saturated carbocycles. The maximum atomic E-state index is 13.0. The minimum atomic E-state index is -3.77. The minimum absolute atomic E-state index is 0.0686. The lowest BCUT2D eigenvalue weighted by molar-refractivity contribution is -0.128. The number of benzene rings is 3. The molecule has 7 nitrogen and oxygen atoms in total. The van der Waals surface area contributed by atoms with E-state index in [1.807, 2.05) is 19.1 Å². The lowest BCUT2D eigenvalue weighted by Crippen LogP contribution is -2.30. The Morgan fingerprint density at radius 2 is 1.60 bits per heavy atom. The molecular weight excluding hydrogens is 469 g/mol. The quantitative estimate of drug-likeness (QED) is 0.494. The topological polar surface area (TPSA) is 95.6 Å². The normalized spacial score (nSPS) is 15.8.